The molecule has 0 bridgehead atoms. The van der Waals surface area contributed by atoms with Crippen molar-refractivity contribution < 1.29 is 18.0 Å². The van der Waals surface area contributed by atoms with Crippen LogP contribution in [0.25, 0.3) is 11.0 Å². The molecule has 4 nitrogen and oxygen atoms in total. The van der Waals surface area contributed by atoms with Gasteiger partial charge in [0.2, 0.25) is 5.91 Å². The van der Waals surface area contributed by atoms with Gasteiger partial charge in [-0.15, -0.1) is 0 Å². The van der Waals surface area contributed by atoms with E-state index < -0.39 is 17.2 Å². The first kappa shape index (κ1) is 18.7. The molecule has 26 heavy (non-hydrogen) atoms. The van der Waals surface area contributed by atoms with Gasteiger partial charge in [-0.2, -0.15) is 13.2 Å². The lowest BCUT2D eigenvalue weighted by atomic mass is 9.89. The van der Waals surface area contributed by atoms with Crippen molar-refractivity contribution in [2.24, 2.45) is 5.41 Å². The van der Waals surface area contributed by atoms with Gasteiger partial charge < -0.3 is 9.88 Å². The van der Waals surface area contributed by atoms with Crippen LogP contribution in [0.1, 0.15) is 58.1 Å². The molecular formula is C19H24F3N3O. The molecule has 7 heteroatoms. The third-order valence-corrected chi connectivity index (χ3v) is 5.01. The van der Waals surface area contributed by atoms with Gasteiger partial charge in [-0.1, -0.05) is 20.8 Å². The first-order chi connectivity index (χ1) is 12.1. The Morgan fingerprint density at radius 2 is 1.81 bits per heavy atom. The molecule has 0 spiro atoms. The van der Waals surface area contributed by atoms with Crippen molar-refractivity contribution in [3.8, 4) is 0 Å². The van der Waals surface area contributed by atoms with Crippen LogP contribution in [0.3, 0.4) is 0 Å². The minimum absolute atomic E-state index is 0.0313. The average molecular weight is 367 g/mol. The van der Waals surface area contributed by atoms with Gasteiger partial charge in [0, 0.05) is 17.5 Å². The summed E-state index contributed by atoms with van der Waals surface area (Å²) in [6.45, 7) is 5.64. The number of nitrogens with one attached hydrogen (secondary N) is 1. The maximum atomic E-state index is 13.0. The molecule has 3 rings (SSSR count). The highest BCUT2D eigenvalue weighted by Gasteiger charge is 2.32. The molecule has 1 N–H and O–H groups in total. The second kappa shape index (κ2) is 6.59. The third-order valence-electron chi connectivity index (χ3n) is 5.01. The first-order valence-corrected chi connectivity index (χ1v) is 8.90. The Labute approximate surface area is 150 Å². The van der Waals surface area contributed by atoms with Gasteiger partial charge >= 0.3 is 6.18 Å². The Balaban J connectivity index is 1.73. The summed E-state index contributed by atoms with van der Waals surface area (Å²) in [5.74, 6) is 0.0313. The number of benzene rings is 1. The molecular weight excluding hydrogens is 343 g/mol. The molecule has 1 aliphatic rings. The SMILES string of the molecule is CC(C)(C)C(=O)NC1CCC(n2cnc3ccc(C(F)(F)F)cc32)CC1. The molecule has 2 aromatic rings. The average Bonchev–Trinajstić information content (AvgIpc) is 2.97. The Kier molecular flexibility index (Phi) is 4.75. The van der Waals surface area contributed by atoms with Gasteiger partial charge in [-0.3, -0.25) is 4.79 Å². The van der Waals surface area contributed by atoms with Crippen LogP contribution < -0.4 is 5.32 Å². The van der Waals surface area contributed by atoms with E-state index in [0.717, 1.165) is 31.7 Å². The minimum atomic E-state index is -4.36. The number of halogens is 3. The van der Waals surface area contributed by atoms with E-state index in [2.05, 4.69) is 10.3 Å². The molecule has 0 aliphatic heterocycles. The Morgan fingerprint density at radius 3 is 2.38 bits per heavy atom. The summed E-state index contributed by atoms with van der Waals surface area (Å²) in [5.41, 5.74) is 0.00631. The zero-order chi connectivity index (χ0) is 19.1. The molecule has 1 aromatic heterocycles. The zero-order valence-electron chi connectivity index (χ0n) is 15.2. The van der Waals surface area contributed by atoms with Gasteiger partial charge in [-0.05, 0) is 43.9 Å². The van der Waals surface area contributed by atoms with Gasteiger partial charge in [0.05, 0.1) is 22.9 Å². The van der Waals surface area contributed by atoms with Crippen molar-refractivity contribution in [1.82, 2.24) is 14.9 Å². The molecule has 1 fully saturated rings. The van der Waals surface area contributed by atoms with E-state index in [1.54, 1.807) is 6.33 Å². The van der Waals surface area contributed by atoms with Gasteiger partial charge in [0.1, 0.15) is 0 Å². The standard InChI is InChI=1S/C19H24F3N3O/c1-18(2,3)17(26)24-13-5-7-14(8-6-13)25-11-23-15-9-4-12(10-16(15)25)19(20,21)22/h4,9-11,13-14H,5-8H2,1-3H3,(H,24,26). The van der Waals surface area contributed by atoms with Crippen LogP contribution >= 0.6 is 0 Å². The van der Waals surface area contributed by atoms with Crippen LogP contribution in [-0.2, 0) is 11.0 Å². The predicted octanol–water partition coefficient (Wildman–Crippen LogP) is 4.70. The van der Waals surface area contributed by atoms with E-state index in [-0.39, 0.29) is 18.0 Å². The topological polar surface area (TPSA) is 46.9 Å². The molecule has 1 saturated carbocycles. The smallest absolute Gasteiger partial charge is 0.353 e. The lowest BCUT2D eigenvalue weighted by Crippen LogP contribution is -2.43. The van der Waals surface area contributed by atoms with E-state index in [9.17, 15) is 18.0 Å². The molecule has 0 radical (unpaired) electrons. The molecule has 1 amide bonds. The number of fused-ring (bicyclic) bond motifs is 1. The second-order valence-corrected chi connectivity index (χ2v) is 8.08. The summed E-state index contributed by atoms with van der Waals surface area (Å²) < 4.78 is 40.8. The largest absolute Gasteiger partial charge is 0.416 e. The fraction of sp³-hybridized carbons (Fsp3) is 0.579. The maximum Gasteiger partial charge on any atom is 0.416 e. The normalized spacial score (nSPS) is 21.8. The maximum absolute atomic E-state index is 13.0. The Bertz CT molecular complexity index is 796. The summed E-state index contributed by atoms with van der Waals surface area (Å²) in [7, 11) is 0. The monoisotopic (exact) mass is 367 g/mol. The highest BCUT2D eigenvalue weighted by Crippen LogP contribution is 2.35. The van der Waals surface area contributed by atoms with Gasteiger partial charge in [0.15, 0.2) is 0 Å². The van der Waals surface area contributed by atoms with Crippen LogP contribution in [0, 0.1) is 5.41 Å². The number of aromatic nitrogens is 2. The van der Waals surface area contributed by atoms with Crippen LogP contribution in [0.2, 0.25) is 0 Å². The van der Waals surface area contributed by atoms with E-state index in [0.29, 0.717) is 11.0 Å². The highest BCUT2D eigenvalue weighted by molar-refractivity contribution is 5.81. The number of hydrogen-bond acceptors (Lipinski definition) is 2. The van der Waals surface area contributed by atoms with Crippen LogP contribution in [0.15, 0.2) is 24.5 Å². The number of rotatable bonds is 2. The summed E-state index contributed by atoms with van der Waals surface area (Å²) >= 11 is 0. The van der Waals surface area contributed by atoms with Crippen molar-refractivity contribution in [2.75, 3.05) is 0 Å². The molecule has 1 heterocycles. The number of nitrogens with zero attached hydrogens (tertiary/aromatic N) is 2. The fourth-order valence-corrected chi connectivity index (χ4v) is 3.39. The van der Waals surface area contributed by atoms with Crippen LogP contribution in [-0.4, -0.2) is 21.5 Å². The molecule has 1 aromatic carbocycles. The highest BCUT2D eigenvalue weighted by atomic mass is 19.4. The summed E-state index contributed by atoms with van der Waals surface area (Å²) in [4.78, 5) is 16.4. The van der Waals surface area contributed by atoms with Crippen molar-refractivity contribution in [3.05, 3.63) is 30.1 Å². The van der Waals surface area contributed by atoms with Crippen molar-refractivity contribution >= 4 is 16.9 Å². The van der Waals surface area contributed by atoms with Gasteiger partial charge in [-0.25, -0.2) is 4.98 Å². The number of carbonyl (C=O) groups is 1. The zero-order valence-corrected chi connectivity index (χ0v) is 15.2. The van der Waals surface area contributed by atoms with Crippen molar-refractivity contribution in [3.63, 3.8) is 0 Å². The number of alkyl halides is 3. The second-order valence-electron chi connectivity index (χ2n) is 8.08. The van der Waals surface area contributed by atoms with Crippen molar-refractivity contribution in [1.29, 1.82) is 0 Å². The molecule has 0 atom stereocenters. The summed E-state index contributed by atoms with van der Waals surface area (Å²) in [5, 5.41) is 3.08. The molecule has 142 valence electrons. The quantitative estimate of drug-likeness (QED) is 0.836. The molecule has 0 unspecified atom stereocenters. The predicted molar refractivity (Wildman–Crippen MR) is 93.6 cm³/mol. The minimum Gasteiger partial charge on any atom is -0.353 e. The number of amides is 1. The van der Waals surface area contributed by atoms with Gasteiger partial charge in [0.25, 0.3) is 0 Å². The number of imidazole rings is 1. The van der Waals surface area contributed by atoms with Crippen molar-refractivity contribution in [2.45, 2.75) is 64.7 Å². The number of carbonyl (C=O) groups excluding carboxylic acids is 1. The van der Waals surface area contributed by atoms with Crippen LogP contribution in [0.4, 0.5) is 13.2 Å². The lowest BCUT2D eigenvalue weighted by Gasteiger charge is -2.32. The van der Waals surface area contributed by atoms with E-state index >= 15 is 0 Å². The first-order valence-electron chi connectivity index (χ1n) is 8.90. The fourth-order valence-electron chi connectivity index (χ4n) is 3.39. The summed E-state index contributed by atoms with van der Waals surface area (Å²) in [6, 6.07) is 3.89. The van der Waals surface area contributed by atoms with E-state index in [1.807, 2.05) is 25.3 Å². The summed E-state index contributed by atoms with van der Waals surface area (Å²) in [6.07, 6.45) is 0.492. The third kappa shape index (κ3) is 3.86. The van der Waals surface area contributed by atoms with Crippen LogP contribution in [0.5, 0.6) is 0 Å². The Morgan fingerprint density at radius 1 is 1.15 bits per heavy atom. The Hall–Kier alpha value is -2.05. The molecule has 0 saturated heterocycles. The number of hydrogen-bond donors (Lipinski definition) is 1. The van der Waals surface area contributed by atoms with E-state index in [1.165, 1.54) is 12.1 Å². The molecule has 1 aliphatic carbocycles. The van der Waals surface area contributed by atoms with E-state index in [4.69, 9.17) is 0 Å². The lowest BCUT2D eigenvalue weighted by molar-refractivity contribution is -0.137.